The van der Waals surface area contributed by atoms with Gasteiger partial charge in [-0.25, -0.2) is 4.79 Å². The van der Waals surface area contributed by atoms with Crippen molar-refractivity contribution >= 4 is 40.8 Å². The Balaban J connectivity index is 1.73. The number of β-amino-alcohol motifs (C(OH)–C–C–N with tert-alkyl or cyclic N) is 1. The summed E-state index contributed by atoms with van der Waals surface area (Å²) < 4.78 is 11.6. The molecule has 29 heavy (non-hydrogen) atoms. The van der Waals surface area contributed by atoms with E-state index in [4.69, 9.17) is 32.7 Å². The van der Waals surface area contributed by atoms with Crippen LogP contribution >= 0.6 is 23.2 Å². The highest BCUT2D eigenvalue weighted by Crippen LogP contribution is 2.29. The Morgan fingerprint density at radius 2 is 2.03 bits per heavy atom. The van der Waals surface area contributed by atoms with Crippen LogP contribution < -0.4 is 10.6 Å². The highest BCUT2D eigenvalue weighted by molar-refractivity contribution is 6.42. The SMILES string of the molecule is CNC(=O)C[C@@H]1CC[C@@H]2[C@H](COC[C@H](O)CN2C(=O)Nc2ccc(Cl)c(Cl)c2)O1. The fourth-order valence-corrected chi connectivity index (χ4v) is 3.95. The van der Waals surface area contributed by atoms with E-state index in [1.165, 1.54) is 0 Å². The van der Waals surface area contributed by atoms with Gasteiger partial charge in [0.25, 0.3) is 0 Å². The second-order valence-electron chi connectivity index (χ2n) is 7.22. The third-order valence-electron chi connectivity index (χ3n) is 5.10. The first kappa shape index (κ1) is 22.1. The van der Waals surface area contributed by atoms with Crippen LogP contribution in [0.2, 0.25) is 10.0 Å². The second-order valence-corrected chi connectivity index (χ2v) is 8.04. The zero-order chi connectivity index (χ0) is 21.0. The first-order valence-electron chi connectivity index (χ1n) is 9.52. The number of amides is 3. The van der Waals surface area contributed by atoms with Gasteiger partial charge >= 0.3 is 6.03 Å². The van der Waals surface area contributed by atoms with Gasteiger partial charge in [0, 0.05) is 12.7 Å². The van der Waals surface area contributed by atoms with Gasteiger partial charge in [0.1, 0.15) is 6.10 Å². The molecule has 0 saturated carbocycles. The van der Waals surface area contributed by atoms with Gasteiger partial charge in [-0.2, -0.15) is 0 Å². The molecular weight excluding hydrogens is 421 g/mol. The number of urea groups is 1. The van der Waals surface area contributed by atoms with E-state index in [2.05, 4.69) is 10.6 Å². The van der Waals surface area contributed by atoms with Crippen LogP contribution in [0.15, 0.2) is 18.2 Å². The topological polar surface area (TPSA) is 100 Å². The van der Waals surface area contributed by atoms with Gasteiger partial charge in [0.05, 0.1) is 54.5 Å². The molecule has 4 atom stereocenters. The van der Waals surface area contributed by atoms with Crippen LogP contribution in [-0.4, -0.2) is 73.1 Å². The quantitative estimate of drug-likeness (QED) is 0.662. The van der Waals surface area contributed by atoms with Crippen molar-refractivity contribution in [1.82, 2.24) is 10.2 Å². The number of benzene rings is 1. The molecule has 1 aromatic carbocycles. The summed E-state index contributed by atoms with van der Waals surface area (Å²) in [7, 11) is 1.59. The number of ether oxygens (including phenoxy) is 2. The maximum Gasteiger partial charge on any atom is 0.322 e. The molecule has 8 nitrogen and oxygen atoms in total. The average Bonchev–Trinajstić information content (AvgIpc) is 2.68. The molecule has 0 unspecified atom stereocenters. The molecule has 2 saturated heterocycles. The van der Waals surface area contributed by atoms with E-state index in [0.717, 1.165) is 0 Å². The van der Waals surface area contributed by atoms with Crippen LogP contribution in [0, 0.1) is 0 Å². The number of carbonyl (C=O) groups excluding carboxylic acids is 2. The standard InChI is InChI=1S/C19H25Cl2N3O5/c1-22-18(26)7-13-3-5-16-17(29-13)10-28-9-12(25)8-24(16)19(27)23-11-2-4-14(20)15(21)6-11/h2,4,6,12-13,16-17,25H,3,5,7-10H2,1H3,(H,22,26)(H,23,27)/t12-,13+,16-,17+/m1/s1. The number of halogens is 2. The lowest BCUT2D eigenvalue weighted by Crippen LogP contribution is -2.58. The molecular formula is C19H25Cl2N3O5. The molecule has 160 valence electrons. The van der Waals surface area contributed by atoms with Crippen LogP contribution in [0.5, 0.6) is 0 Å². The number of hydrogen-bond donors (Lipinski definition) is 3. The van der Waals surface area contributed by atoms with Gasteiger partial charge < -0.3 is 30.1 Å². The van der Waals surface area contributed by atoms with E-state index in [1.807, 2.05) is 0 Å². The van der Waals surface area contributed by atoms with E-state index in [0.29, 0.717) is 28.6 Å². The van der Waals surface area contributed by atoms with Crippen molar-refractivity contribution in [1.29, 1.82) is 0 Å². The molecule has 0 aliphatic carbocycles. The highest BCUT2D eigenvalue weighted by Gasteiger charge is 2.40. The second kappa shape index (κ2) is 9.95. The summed E-state index contributed by atoms with van der Waals surface area (Å²) in [6.45, 7) is 0.448. The Morgan fingerprint density at radius 3 is 2.76 bits per heavy atom. The Hall–Kier alpha value is -1.58. The summed E-state index contributed by atoms with van der Waals surface area (Å²) in [4.78, 5) is 26.3. The molecule has 0 aromatic heterocycles. The van der Waals surface area contributed by atoms with Crippen molar-refractivity contribution in [2.24, 2.45) is 0 Å². The number of rotatable bonds is 3. The third-order valence-corrected chi connectivity index (χ3v) is 5.84. The van der Waals surface area contributed by atoms with Gasteiger partial charge in [-0.1, -0.05) is 23.2 Å². The normalized spacial score (nSPS) is 27.4. The zero-order valence-electron chi connectivity index (χ0n) is 16.1. The molecule has 0 radical (unpaired) electrons. The first-order chi connectivity index (χ1) is 13.9. The lowest BCUT2D eigenvalue weighted by Gasteiger charge is -2.44. The molecule has 2 heterocycles. The highest BCUT2D eigenvalue weighted by atomic mass is 35.5. The fraction of sp³-hybridized carbons (Fsp3) is 0.579. The van der Waals surface area contributed by atoms with Crippen LogP contribution in [0.3, 0.4) is 0 Å². The molecule has 10 heteroatoms. The lowest BCUT2D eigenvalue weighted by molar-refractivity contribution is -0.149. The Bertz CT molecular complexity index is 751. The summed E-state index contributed by atoms with van der Waals surface area (Å²) in [5, 5.41) is 16.3. The zero-order valence-corrected chi connectivity index (χ0v) is 17.6. The number of nitrogens with one attached hydrogen (secondary N) is 2. The number of aliphatic hydroxyl groups excluding tert-OH is 1. The van der Waals surface area contributed by atoms with E-state index in [-0.39, 0.29) is 56.4 Å². The monoisotopic (exact) mass is 445 g/mol. The van der Waals surface area contributed by atoms with Gasteiger partial charge in [-0.3, -0.25) is 4.79 Å². The fourth-order valence-electron chi connectivity index (χ4n) is 3.65. The van der Waals surface area contributed by atoms with E-state index in [9.17, 15) is 14.7 Å². The van der Waals surface area contributed by atoms with E-state index < -0.39 is 6.10 Å². The minimum Gasteiger partial charge on any atom is -0.389 e. The minimum atomic E-state index is -0.806. The predicted octanol–water partition coefficient (Wildman–Crippen LogP) is 2.27. The number of anilines is 1. The number of aliphatic hydroxyl groups is 1. The van der Waals surface area contributed by atoms with Gasteiger partial charge in [-0.15, -0.1) is 0 Å². The maximum atomic E-state index is 13.0. The lowest BCUT2D eigenvalue weighted by atomic mass is 9.95. The molecule has 3 rings (SSSR count). The smallest absolute Gasteiger partial charge is 0.322 e. The van der Waals surface area contributed by atoms with Crippen LogP contribution in [0.1, 0.15) is 19.3 Å². The number of nitrogens with zero attached hydrogens (tertiary/aromatic N) is 1. The van der Waals surface area contributed by atoms with E-state index >= 15 is 0 Å². The van der Waals surface area contributed by atoms with Gasteiger partial charge in [0.15, 0.2) is 0 Å². The van der Waals surface area contributed by atoms with E-state index in [1.54, 1.807) is 30.1 Å². The predicted molar refractivity (Wildman–Crippen MR) is 109 cm³/mol. The Morgan fingerprint density at radius 1 is 1.24 bits per heavy atom. The minimum absolute atomic E-state index is 0.0927. The third kappa shape index (κ3) is 5.73. The Kier molecular flexibility index (Phi) is 7.59. The Labute approximate surface area is 179 Å². The molecule has 0 bridgehead atoms. The summed E-state index contributed by atoms with van der Waals surface area (Å²) in [5.74, 6) is -0.0927. The van der Waals surface area contributed by atoms with Crippen LogP contribution in [0.4, 0.5) is 10.5 Å². The molecule has 3 amide bonds. The number of hydrogen-bond acceptors (Lipinski definition) is 5. The molecule has 2 fully saturated rings. The summed E-state index contributed by atoms with van der Waals surface area (Å²) in [6.07, 6.45) is 0.102. The van der Waals surface area contributed by atoms with Gasteiger partial charge in [-0.05, 0) is 31.0 Å². The molecule has 2 aliphatic heterocycles. The maximum absolute atomic E-state index is 13.0. The molecule has 3 N–H and O–H groups in total. The number of fused-ring (bicyclic) bond motifs is 1. The van der Waals surface area contributed by atoms with Crippen molar-refractivity contribution < 1.29 is 24.2 Å². The summed E-state index contributed by atoms with van der Waals surface area (Å²) >= 11 is 12.0. The van der Waals surface area contributed by atoms with Crippen molar-refractivity contribution in [3.05, 3.63) is 28.2 Å². The molecule has 1 aromatic rings. The molecule has 0 spiro atoms. The molecule has 2 aliphatic rings. The number of carbonyl (C=O) groups is 2. The summed E-state index contributed by atoms with van der Waals surface area (Å²) in [6, 6.07) is 4.18. The van der Waals surface area contributed by atoms with Crippen molar-refractivity contribution in [3.63, 3.8) is 0 Å². The largest absolute Gasteiger partial charge is 0.389 e. The van der Waals surface area contributed by atoms with Crippen LogP contribution in [-0.2, 0) is 14.3 Å². The van der Waals surface area contributed by atoms with Gasteiger partial charge in [0.2, 0.25) is 5.91 Å². The first-order valence-corrected chi connectivity index (χ1v) is 10.3. The summed E-state index contributed by atoms with van der Waals surface area (Å²) in [5.41, 5.74) is 0.503. The average molecular weight is 446 g/mol. The van der Waals surface area contributed by atoms with Crippen molar-refractivity contribution in [2.45, 2.75) is 43.6 Å². The van der Waals surface area contributed by atoms with Crippen molar-refractivity contribution in [2.75, 3.05) is 32.1 Å². The van der Waals surface area contributed by atoms with Crippen LogP contribution in [0.25, 0.3) is 0 Å². The van der Waals surface area contributed by atoms with Crippen molar-refractivity contribution in [3.8, 4) is 0 Å².